The molecule has 19 heavy (non-hydrogen) atoms. The number of hydrogen-bond acceptors (Lipinski definition) is 5. The van der Waals surface area contributed by atoms with Gasteiger partial charge in [-0.15, -0.1) is 0 Å². The van der Waals surface area contributed by atoms with Crippen LogP contribution in [0.25, 0.3) is 0 Å². The summed E-state index contributed by atoms with van der Waals surface area (Å²) in [5, 5.41) is 0. The second-order valence-electron chi connectivity index (χ2n) is 5.26. The average molecular weight is 264 g/mol. The fourth-order valence-corrected chi connectivity index (χ4v) is 2.30. The van der Waals surface area contributed by atoms with Crippen LogP contribution < -0.4 is 15.4 Å². The molecule has 0 aromatic carbocycles. The Kier molecular flexibility index (Phi) is 4.47. The van der Waals surface area contributed by atoms with E-state index in [1.54, 1.807) is 0 Å². The molecule has 0 aliphatic carbocycles. The van der Waals surface area contributed by atoms with Crippen LogP contribution in [0.5, 0.6) is 5.88 Å². The van der Waals surface area contributed by atoms with E-state index in [4.69, 9.17) is 10.5 Å². The predicted octanol–water partition coefficient (Wildman–Crippen LogP) is 1.59. The predicted molar refractivity (Wildman–Crippen MR) is 78.7 cm³/mol. The summed E-state index contributed by atoms with van der Waals surface area (Å²) in [6, 6.07) is 4.46. The molecule has 1 aromatic heterocycles. The van der Waals surface area contributed by atoms with Crippen molar-refractivity contribution in [2.45, 2.75) is 25.8 Å². The number of nitrogen functional groups attached to an aromatic ring is 1. The number of likely N-dealkylation sites (N-methyl/N-ethyl adjacent to an activating group) is 1. The number of hydrogen-bond donors (Lipinski definition) is 1. The zero-order valence-electron chi connectivity index (χ0n) is 12.1. The van der Waals surface area contributed by atoms with Gasteiger partial charge in [0.1, 0.15) is 5.82 Å². The minimum Gasteiger partial charge on any atom is -0.476 e. The Hall–Kier alpha value is -1.49. The largest absolute Gasteiger partial charge is 0.476 e. The number of ether oxygens (including phenoxy) is 1. The minimum absolute atomic E-state index is 0.563. The molecule has 2 heterocycles. The number of anilines is 2. The molecule has 2 rings (SSSR count). The molecule has 0 bridgehead atoms. The van der Waals surface area contributed by atoms with Crippen molar-refractivity contribution < 1.29 is 4.74 Å². The van der Waals surface area contributed by atoms with E-state index >= 15 is 0 Å². The summed E-state index contributed by atoms with van der Waals surface area (Å²) in [4.78, 5) is 9.11. The molecular formula is C14H24N4O. The van der Waals surface area contributed by atoms with E-state index in [1.165, 1.54) is 6.42 Å². The SMILES string of the molecule is CCCOc1nc(N2CCC(N(C)C)C2)ccc1N. The fraction of sp³-hybridized carbons (Fsp3) is 0.643. The van der Waals surface area contributed by atoms with Crippen molar-refractivity contribution in [3.05, 3.63) is 12.1 Å². The van der Waals surface area contributed by atoms with Crippen molar-refractivity contribution in [2.24, 2.45) is 0 Å². The molecule has 1 aromatic rings. The number of nitrogens with two attached hydrogens (primary N) is 1. The van der Waals surface area contributed by atoms with Crippen molar-refractivity contribution >= 4 is 11.5 Å². The Bertz CT molecular complexity index is 422. The van der Waals surface area contributed by atoms with E-state index in [2.05, 4.69) is 35.8 Å². The standard InChI is InChI=1S/C14H24N4O/c1-4-9-19-14-12(15)5-6-13(16-14)18-8-7-11(10-18)17(2)3/h5-6,11H,4,7-10,15H2,1-3H3. The van der Waals surface area contributed by atoms with Gasteiger partial charge in [-0.05, 0) is 39.1 Å². The highest BCUT2D eigenvalue weighted by molar-refractivity contribution is 5.55. The summed E-state index contributed by atoms with van der Waals surface area (Å²) in [6.45, 7) is 4.77. The molecule has 1 atom stereocenters. The highest BCUT2D eigenvalue weighted by Gasteiger charge is 2.25. The molecule has 2 N–H and O–H groups in total. The van der Waals surface area contributed by atoms with Gasteiger partial charge >= 0.3 is 0 Å². The Labute approximate surface area is 115 Å². The normalized spacial score (nSPS) is 19.2. The number of aromatic nitrogens is 1. The summed E-state index contributed by atoms with van der Waals surface area (Å²) in [5.74, 6) is 1.53. The Morgan fingerprint density at radius 3 is 2.89 bits per heavy atom. The quantitative estimate of drug-likeness (QED) is 0.875. The lowest BCUT2D eigenvalue weighted by Gasteiger charge is -2.21. The molecular weight excluding hydrogens is 240 g/mol. The van der Waals surface area contributed by atoms with Crippen LogP contribution in [0.1, 0.15) is 19.8 Å². The molecule has 1 unspecified atom stereocenters. The maximum absolute atomic E-state index is 5.89. The van der Waals surface area contributed by atoms with E-state index in [9.17, 15) is 0 Å². The van der Waals surface area contributed by atoms with Gasteiger partial charge in [0.15, 0.2) is 0 Å². The molecule has 5 heteroatoms. The molecule has 0 saturated carbocycles. The van der Waals surface area contributed by atoms with Gasteiger partial charge < -0.3 is 20.3 Å². The van der Waals surface area contributed by atoms with Gasteiger partial charge in [0.25, 0.3) is 0 Å². The first-order valence-corrected chi connectivity index (χ1v) is 6.92. The van der Waals surface area contributed by atoms with Crippen LogP contribution in [-0.4, -0.2) is 49.7 Å². The molecule has 0 radical (unpaired) electrons. The van der Waals surface area contributed by atoms with Gasteiger partial charge in [0.05, 0.1) is 12.3 Å². The van der Waals surface area contributed by atoms with E-state index in [-0.39, 0.29) is 0 Å². The number of rotatable bonds is 5. The first-order chi connectivity index (χ1) is 9.11. The Morgan fingerprint density at radius 2 is 2.26 bits per heavy atom. The summed E-state index contributed by atoms with van der Waals surface area (Å²) < 4.78 is 5.59. The van der Waals surface area contributed by atoms with Gasteiger partial charge in [-0.1, -0.05) is 6.92 Å². The van der Waals surface area contributed by atoms with Crippen molar-refractivity contribution in [3.63, 3.8) is 0 Å². The van der Waals surface area contributed by atoms with Crippen molar-refractivity contribution in [1.29, 1.82) is 0 Å². The van der Waals surface area contributed by atoms with E-state index in [0.29, 0.717) is 24.2 Å². The lowest BCUT2D eigenvalue weighted by atomic mass is 10.2. The van der Waals surface area contributed by atoms with Crippen LogP contribution >= 0.6 is 0 Å². The second-order valence-corrected chi connectivity index (χ2v) is 5.26. The maximum Gasteiger partial charge on any atom is 0.239 e. The average Bonchev–Trinajstić information content (AvgIpc) is 2.87. The maximum atomic E-state index is 5.89. The molecule has 1 aliphatic heterocycles. The van der Waals surface area contributed by atoms with Crippen molar-refractivity contribution in [1.82, 2.24) is 9.88 Å². The Balaban J connectivity index is 2.08. The van der Waals surface area contributed by atoms with Crippen LogP contribution in [0.2, 0.25) is 0 Å². The summed E-state index contributed by atoms with van der Waals surface area (Å²) in [6.07, 6.45) is 2.13. The molecule has 0 spiro atoms. The lowest BCUT2D eigenvalue weighted by Crippen LogP contribution is -2.31. The fourth-order valence-electron chi connectivity index (χ4n) is 2.30. The zero-order valence-corrected chi connectivity index (χ0v) is 12.1. The molecule has 1 saturated heterocycles. The number of pyridine rings is 1. The van der Waals surface area contributed by atoms with Gasteiger partial charge in [0, 0.05) is 19.1 Å². The van der Waals surface area contributed by atoms with E-state index in [0.717, 1.165) is 25.3 Å². The molecule has 106 valence electrons. The zero-order chi connectivity index (χ0) is 13.8. The first kappa shape index (κ1) is 13.9. The van der Waals surface area contributed by atoms with Gasteiger partial charge in [-0.25, -0.2) is 0 Å². The molecule has 0 amide bonds. The lowest BCUT2D eigenvalue weighted by molar-refractivity contribution is 0.307. The van der Waals surface area contributed by atoms with Gasteiger partial charge in [0.2, 0.25) is 5.88 Å². The van der Waals surface area contributed by atoms with Crippen LogP contribution in [0.4, 0.5) is 11.5 Å². The summed E-state index contributed by atoms with van der Waals surface area (Å²) in [5.41, 5.74) is 6.50. The smallest absolute Gasteiger partial charge is 0.239 e. The molecule has 1 fully saturated rings. The third kappa shape index (κ3) is 3.29. The van der Waals surface area contributed by atoms with Gasteiger partial charge in [-0.2, -0.15) is 4.98 Å². The second kappa shape index (κ2) is 6.10. The summed E-state index contributed by atoms with van der Waals surface area (Å²) >= 11 is 0. The van der Waals surface area contributed by atoms with Crippen molar-refractivity contribution in [2.75, 3.05) is 44.4 Å². The minimum atomic E-state index is 0.563. The first-order valence-electron chi connectivity index (χ1n) is 6.92. The summed E-state index contributed by atoms with van der Waals surface area (Å²) in [7, 11) is 4.25. The van der Waals surface area contributed by atoms with Crippen LogP contribution in [-0.2, 0) is 0 Å². The van der Waals surface area contributed by atoms with Crippen LogP contribution in [0.3, 0.4) is 0 Å². The van der Waals surface area contributed by atoms with Crippen molar-refractivity contribution in [3.8, 4) is 5.88 Å². The van der Waals surface area contributed by atoms with Crippen LogP contribution in [0, 0.1) is 0 Å². The number of nitrogens with zero attached hydrogens (tertiary/aromatic N) is 3. The van der Waals surface area contributed by atoms with Gasteiger partial charge in [-0.3, -0.25) is 0 Å². The molecule has 5 nitrogen and oxygen atoms in total. The highest BCUT2D eigenvalue weighted by atomic mass is 16.5. The Morgan fingerprint density at radius 1 is 1.47 bits per heavy atom. The topological polar surface area (TPSA) is 54.6 Å². The third-order valence-electron chi connectivity index (χ3n) is 3.54. The highest BCUT2D eigenvalue weighted by Crippen LogP contribution is 2.26. The molecule has 1 aliphatic rings. The van der Waals surface area contributed by atoms with E-state index < -0.39 is 0 Å². The van der Waals surface area contributed by atoms with E-state index in [1.807, 2.05) is 12.1 Å². The third-order valence-corrected chi connectivity index (χ3v) is 3.54. The monoisotopic (exact) mass is 264 g/mol. The van der Waals surface area contributed by atoms with Crippen LogP contribution in [0.15, 0.2) is 12.1 Å².